The van der Waals surface area contributed by atoms with E-state index in [2.05, 4.69) is 46.0 Å². The van der Waals surface area contributed by atoms with Crippen molar-refractivity contribution in [3.63, 3.8) is 0 Å². The van der Waals surface area contributed by atoms with Crippen LogP contribution < -0.4 is 4.90 Å². The first-order valence-electron chi connectivity index (χ1n) is 9.67. The lowest BCUT2D eigenvalue weighted by atomic mass is 9.96. The molecule has 4 nitrogen and oxygen atoms in total. The van der Waals surface area contributed by atoms with Gasteiger partial charge in [-0.3, -0.25) is 9.98 Å². The first kappa shape index (κ1) is 17.4. The minimum atomic E-state index is 0.0231. The van der Waals surface area contributed by atoms with E-state index in [9.17, 15) is 0 Å². The third-order valence-corrected chi connectivity index (χ3v) is 7.05. The Morgan fingerprint density at radius 3 is 2.74 bits per heavy atom. The van der Waals surface area contributed by atoms with Gasteiger partial charge in [0.2, 0.25) is 0 Å². The molecule has 0 saturated carbocycles. The fourth-order valence-corrected chi connectivity index (χ4v) is 5.80. The molecule has 0 N–H and O–H groups in total. The van der Waals surface area contributed by atoms with Crippen LogP contribution >= 0.6 is 23.4 Å². The average Bonchev–Trinajstić information content (AvgIpc) is 3.38. The Bertz CT molecular complexity index is 866. The second-order valence-electron chi connectivity index (χ2n) is 7.54. The molecule has 2 fully saturated rings. The van der Waals surface area contributed by atoms with E-state index in [0.29, 0.717) is 5.25 Å². The summed E-state index contributed by atoms with van der Waals surface area (Å²) in [5, 5.41) is 2.56. The Balaban J connectivity index is 1.52. The molecule has 4 heterocycles. The number of hydrogen-bond donors (Lipinski definition) is 0. The highest BCUT2D eigenvalue weighted by Gasteiger charge is 2.43. The largest absolute Gasteiger partial charge is 0.370 e. The second-order valence-corrected chi connectivity index (χ2v) is 9.35. The molecule has 1 aromatic heterocycles. The maximum Gasteiger partial charge on any atom is 0.160 e. The van der Waals surface area contributed by atoms with Crippen molar-refractivity contribution < 1.29 is 0 Å². The predicted molar refractivity (Wildman–Crippen MR) is 114 cm³/mol. The van der Waals surface area contributed by atoms with Gasteiger partial charge in [-0.25, -0.2) is 0 Å². The summed E-state index contributed by atoms with van der Waals surface area (Å²) in [5.41, 5.74) is 3.42. The summed E-state index contributed by atoms with van der Waals surface area (Å²) in [4.78, 5) is 14.5. The van der Waals surface area contributed by atoms with Crippen LogP contribution in [-0.4, -0.2) is 39.9 Å². The van der Waals surface area contributed by atoms with Crippen molar-refractivity contribution in [2.75, 3.05) is 24.5 Å². The Labute approximate surface area is 169 Å². The molecule has 3 atom stereocenters. The van der Waals surface area contributed by atoms with E-state index in [0.717, 1.165) is 41.2 Å². The van der Waals surface area contributed by atoms with Gasteiger partial charge in [0.25, 0.3) is 0 Å². The van der Waals surface area contributed by atoms with Gasteiger partial charge in [0.1, 0.15) is 6.04 Å². The Hall–Kier alpha value is -1.72. The van der Waals surface area contributed by atoms with E-state index < -0.39 is 0 Å². The Morgan fingerprint density at radius 2 is 2.00 bits per heavy atom. The standard InChI is InChI=1S/C21H23ClN4S/c1-14-13-26-20(19(24-21(26)27-14)17-6-2-3-9-23-17)15-7-8-18(16(22)12-15)25-10-4-5-11-25/h2-3,6-9,12,14,19-20H,4-5,10-11,13H2,1H3/t14-,19+,20-/m1/s1. The topological polar surface area (TPSA) is 31.7 Å². The molecule has 6 heteroatoms. The third kappa shape index (κ3) is 3.11. The molecule has 2 saturated heterocycles. The lowest BCUT2D eigenvalue weighted by Crippen LogP contribution is -2.28. The van der Waals surface area contributed by atoms with Gasteiger partial charge < -0.3 is 9.80 Å². The van der Waals surface area contributed by atoms with E-state index in [1.807, 2.05) is 30.1 Å². The number of hydrogen-bond acceptors (Lipinski definition) is 5. The molecule has 5 rings (SSSR count). The Kier molecular flexibility index (Phi) is 4.52. The van der Waals surface area contributed by atoms with Crippen LogP contribution in [-0.2, 0) is 0 Å². The zero-order valence-electron chi connectivity index (χ0n) is 15.4. The van der Waals surface area contributed by atoms with Gasteiger partial charge >= 0.3 is 0 Å². The van der Waals surface area contributed by atoms with Crippen LogP contribution in [0.2, 0.25) is 5.02 Å². The quantitative estimate of drug-likeness (QED) is 0.734. The summed E-state index contributed by atoms with van der Waals surface area (Å²) < 4.78 is 0. The van der Waals surface area contributed by atoms with Gasteiger partial charge in [0.15, 0.2) is 5.17 Å². The van der Waals surface area contributed by atoms with Gasteiger partial charge in [0, 0.05) is 31.1 Å². The lowest BCUT2D eigenvalue weighted by Gasteiger charge is -2.28. The normalized spacial score (nSPS) is 27.2. The van der Waals surface area contributed by atoms with Gasteiger partial charge in [-0.15, -0.1) is 0 Å². The van der Waals surface area contributed by atoms with Crippen molar-refractivity contribution in [2.24, 2.45) is 4.99 Å². The van der Waals surface area contributed by atoms with Crippen LogP contribution in [0.5, 0.6) is 0 Å². The number of anilines is 1. The summed E-state index contributed by atoms with van der Waals surface area (Å²) >= 11 is 8.60. The Morgan fingerprint density at radius 1 is 1.15 bits per heavy atom. The molecule has 2 aromatic rings. The van der Waals surface area contributed by atoms with Crippen molar-refractivity contribution in [1.29, 1.82) is 0 Å². The molecule has 0 bridgehead atoms. The number of aromatic nitrogens is 1. The monoisotopic (exact) mass is 398 g/mol. The van der Waals surface area contributed by atoms with Gasteiger partial charge in [-0.2, -0.15) is 0 Å². The van der Waals surface area contributed by atoms with Crippen molar-refractivity contribution in [1.82, 2.24) is 9.88 Å². The highest BCUT2D eigenvalue weighted by Crippen LogP contribution is 2.48. The van der Waals surface area contributed by atoms with E-state index in [4.69, 9.17) is 16.6 Å². The van der Waals surface area contributed by atoms with Crippen LogP contribution in [0.1, 0.15) is 43.1 Å². The molecule has 140 valence electrons. The van der Waals surface area contributed by atoms with Gasteiger partial charge in [-0.1, -0.05) is 42.4 Å². The highest BCUT2D eigenvalue weighted by atomic mass is 35.5. The van der Waals surface area contributed by atoms with Crippen LogP contribution in [0.15, 0.2) is 47.6 Å². The van der Waals surface area contributed by atoms with Crippen LogP contribution in [0, 0.1) is 0 Å². The first-order chi connectivity index (χ1) is 13.2. The van der Waals surface area contributed by atoms with Crippen molar-refractivity contribution >= 4 is 34.2 Å². The number of nitrogens with zero attached hydrogens (tertiary/aromatic N) is 4. The molecule has 0 amide bonds. The number of pyridine rings is 1. The number of fused-ring (bicyclic) bond motifs is 1. The maximum atomic E-state index is 6.73. The maximum absolute atomic E-state index is 6.73. The number of aliphatic imine (C=N–C) groups is 1. The van der Waals surface area contributed by atoms with Crippen molar-refractivity contribution in [3.05, 3.63) is 58.9 Å². The fraction of sp³-hybridized carbons (Fsp3) is 0.429. The fourth-order valence-electron chi connectivity index (χ4n) is 4.40. The summed E-state index contributed by atoms with van der Waals surface area (Å²) in [7, 11) is 0. The zero-order valence-corrected chi connectivity index (χ0v) is 17.0. The van der Waals surface area contributed by atoms with Crippen LogP contribution in [0.25, 0.3) is 0 Å². The summed E-state index contributed by atoms with van der Waals surface area (Å²) in [6.45, 7) is 5.49. The van der Waals surface area contributed by atoms with Crippen molar-refractivity contribution in [3.8, 4) is 0 Å². The zero-order chi connectivity index (χ0) is 18.4. The predicted octanol–water partition coefficient (Wildman–Crippen LogP) is 4.92. The second kappa shape index (κ2) is 7.02. The molecule has 27 heavy (non-hydrogen) atoms. The SMILES string of the molecule is C[C@@H]1CN2C(=N[C@@H](c3ccccn3)[C@H]2c2ccc(N3CCCC3)c(Cl)c2)S1. The lowest BCUT2D eigenvalue weighted by molar-refractivity contribution is 0.321. The molecule has 3 aliphatic rings. The van der Waals surface area contributed by atoms with Crippen molar-refractivity contribution in [2.45, 2.75) is 37.1 Å². The minimum Gasteiger partial charge on any atom is -0.370 e. The molecule has 0 unspecified atom stereocenters. The average molecular weight is 399 g/mol. The third-order valence-electron chi connectivity index (χ3n) is 5.64. The molecule has 3 aliphatic heterocycles. The molecule has 0 spiro atoms. The molecule has 0 aliphatic carbocycles. The van der Waals surface area contributed by atoms with E-state index in [-0.39, 0.29) is 12.1 Å². The van der Waals surface area contributed by atoms with E-state index in [1.165, 1.54) is 18.4 Å². The van der Waals surface area contributed by atoms with Gasteiger partial charge in [0.05, 0.1) is 22.4 Å². The van der Waals surface area contributed by atoms with E-state index in [1.54, 1.807) is 0 Å². The van der Waals surface area contributed by atoms with E-state index >= 15 is 0 Å². The molecular weight excluding hydrogens is 376 g/mol. The minimum absolute atomic E-state index is 0.0231. The summed E-state index contributed by atoms with van der Waals surface area (Å²) in [5.74, 6) is 0. The van der Waals surface area contributed by atoms with Gasteiger partial charge in [-0.05, 0) is 42.7 Å². The highest BCUT2D eigenvalue weighted by molar-refractivity contribution is 8.14. The summed E-state index contributed by atoms with van der Waals surface area (Å²) in [6.07, 6.45) is 4.36. The first-order valence-corrected chi connectivity index (χ1v) is 10.9. The molecule has 1 aromatic carbocycles. The molecule has 0 radical (unpaired) electrons. The smallest absolute Gasteiger partial charge is 0.160 e. The summed E-state index contributed by atoms with van der Waals surface area (Å²) in [6, 6.07) is 12.9. The number of thioether (sulfide) groups is 1. The number of benzene rings is 1. The molecular formula is C21H23ClN4S. The van der Waals surface area contributed by atoms with Crippen LogP contribution in [0.4, 0.5) is 5.69 Å². The van der Waals surface area contributed by atoms with Crippen LogP contribution in [0.3, 0.4) is 0 Å². The number of rotatable bonds is 3. The number of halogens is 1. The number of amidine groups is 1.